The Kier molecular flexibility index (Phi) is 2.78. The third-order valence-corrected chi connectivity index (χ3v) is 2.51. The second-order valence-electron chi connectivity index (χ2n) is 3.45. The lowest BCUT2D eigenvalue weighted by atomic mass is 9.86. The lowest BCUT2D eigenvalue weighted by Crippen LogP contribution is -2.38. The highest BCUT2D eigenvalue weighted by atomic mass is 16.5. The summed E-state index contributed by atoms with van der Waals surface area (Å²) in [4.78, 5) is 11.1. The van der Waals surface area contributed by atoms with Gasteiger partial charge in [0.15, 0.2) is 0 Å². The third-order valence-electron chi connectivity index (χ3n) is 2.51. The quantitative estimate of drug-likeness (QED) is 0.630. The maximum Gasteiger partial charge on any atom is 0.506 e. The van der Waals surface area contributed by atoms with Crippen LogP contribution in [0.25, 0.3) is 10.9 Å². The van der Waals surface area contributed by atoms with Crippen molar-refractivity contribution < 1.29 is 24.7 Å². The van der Waals surface area contributed by atoms with Gasteiger partial charge in [-0.25, -0.2) is 4.79 Å². The molecule has 0 spiro atoms. The fraction of sp³-hybridized carbons (Fsp3) is 0.100. The van der Waals surface area contributed by atoms with E-state index in [1.165, 1.54) is 13.2 Å². The number of carbonyl (C=O) groups is 1. The number of methoxy groups -OCH3 is 1. The molecular weight excluding hydrogens is 225 g/mol. The predicted molar refractivity (Wildman–Crippen MR) is 61.7 cm³/mol. The molecule has 0 unspecified atom stereocenters. The average Bonchev–Trinajstić information content (AvgIpc) is 2.67. The number of hydrogen-bond acceptors (Lipinski definition) is 4. The van der Waals surface area contributed by atoms with Crippen LogP contribution in [0.5, 0.6) is 5.75 Å². The van der Waals surface area contributed by atoms with E-state index >= 15 is 0 Å². The first-order valence-corrected chi connectivity index (χ1v) is 4.84. The van der Waals surface area contributed by atoms with Crippen LogP contribution in [0, 0.1) is 0 Å². The topological polar surface area (TPSA) is 91.9 Å². The summed E-state index contributed by atoms with van der Waals surface area (Å²) >= 11 is 0. The van der Waals surface area contributed by atoms with Crippen LogP contribution in [-0.4, -0.2) is 40.0 Å². The summed E-state index contributed by atoms with van der Waals surface area (Å²) in [5.74, 6) is 0.476. The SMILES string of the molecule is COc1cccc2c1cc(B(O)O)n2C(=O)O. The molecule has 2 aromatic rings. The number of nitrogens with zero attached hydrogens (tertiary/aromatic N) is 1. The summed E-state index contributed by atoms with van der Waals surface area (Å²) in [6.45, 7) is 0. The molecule has 2 rings (SSSR count). The maximum atomic E-state index is 11.1. The molecule has 1 aromatic heterocycles. The van der Waals surface area contributed by atoms with E-state index in [0.717, 1.165) is 4.57 Å². The summed E-state index contributed by atoms with van der Waals surface area (Å²) in [7, 11) is -0.398. The zero-order chi connectivity index (χ0) is 12.6. The molecule has 0 fully saturated rings. The molecule has 0 amide bonds. The van der Waals surface area contributed by atoms with Crippen LogP contribution in [-0.2, 0) is 0 Å². The van der Waals surface area contributed by atoms with Gasteiger partial charge in [0.05, 0.1) is 18.2 Å². The van der Waals surface area contributed by atoms with Crippen molar-refractivity contribution in [1.82, 2.24) is 4.57 Å². The zero-order valence-electron chi connectivity index (χ0n) is 8.99. The van der Waals surface area contributed by atoms with Crippen molar-refractivity contribution >= 4 is 29.7 Å². The van der Waals surface area contributed by atoms with Crippen LogP contribution in [0.15, 0.2) is 24.3 Å². The molecule has 0 bridgehead atoms. The molecule has 1 heterocycles. The van der Waals surface area contributed by atoms with E-state index in [9.17, 15) is 4.79 Å². The Balaban J connectivity index is 2.83. The molecule has 17 heavy (non-hydrogen) atoms. The normalized spacial score (nSPS) is 10.5. The second kappa shape index (κ2) is 4.12. The zero-order valence-corrected chi connectivity index (χ0v) is 8.99. The number of fused-ring (bicyclic) bond motifs is 1. The summed E-state index contributed by atoms with van der Waals surface area (Å²) in [6, 6.07) is 6.25. The molecule has 6 nitrogen and oxygen atoms in total. The number of ether oxygens (including phenoxy) is 1. The highest BCUT2D eigenvalue weighted by molar-refractivity contribution is 6.59. The lowest BCUT2D eigenvalue weighted by molar-refractivity contribution is 0.198. The molecule has 0 saturated heterocycles. The van der Waals surface area contributed by atoms with E-state index in [1.54, 1.807) is 18.2 Å². The standard InChI is InChI=1S/C10H10BNO5/c1-17-8-4-2-3-7-6(8)5-9(11(15)16)12(7)10(13)14/h2-5,15-16H,1H3,(H,13,14). The van der Waals surface area contributed by atoms with E-state index in [2.05, 4.69) is 0 Å². The molecule has 88 valence electrons. The number of benzene rings is 1. The van der Waals surface area contributed by atoms with Crippen molar-refractivity contribution in [1.29, 1.82) is 0 Å². The fourth-order valence-electron chi connectivity index (χ4n) is 1.81. The lowest BCUT2D eigenvalue weighted by Gasteiger charge is -2.04. The Bertz CT molecular complexity index is 577. The highest BCUT2D eigenvalue weighted by Crippen LogP contribution is 2.25. The van der Waals surface area contributed by atoms with Crippen LogP contribution >= 0.6 is 0 Å². The second-order valence-corrected chi connectivity index (χ2v) is 3.45. The van der Waals surface area contributed by atoms with Crippen molar-refractivity contribution in [2.75, 3.05) is 7.11 Å². The van der Waals surface area contributed by atoms with Gasteiger partial charge in [-0.05, 0) is 18.2 Å². The molecule has 7 heteroatoms. The molecular formula is C10H10BNO5. The number of rotatable bonds is 2. The maximum absolute atomic E-state index is 11.1. The van der Waals surface area contributed by atoms with Gasteiger partial charge in [-0.1, -0.05) is 6.07 Å². The van der Waals surface area contributed by atoms with E-state index in [0.29, 0.717) is 16.7 Å². The first-order valence-electron chi connectivity index (χ1n) is 4.84. The first kappa shape index (κ1) is 11.5. The summed E-state index contributed by atoms with van der Waals surface area (Å²) in [5.41, 5.74) is 0.233. The van der Waals surface area contributed by atoms with Crippen molar-refractivity contribution in [2.24, 2.45) is 0 Å². The molecule has 0 atom stereocenters. The molecule has 1 aromatic carbocycles. The van der Waals surface area contributed by atoms with Gasteiger partial charge in [-0.15, -0.1) is 0 Å². The minimum Gasteiger partial charge on any atom is -0.496 e. The van der Waals surface area contributed by atoms with E-state index in [1.807, 2.05) is 0 Å². The Morgan fingerprint density at radius 1 is 1.41 bits per heavy atom. The van der Waals surface area contributed by atoms with Gasteiger partial charge >= 0.3 is 13.2 Å². The number of hydrogen-bond donors (Lipinski definition) is 3. The van der Waals surface area contributed by atoms with Crippen LogP contribution in [0.3, 0.4) is 0 Å². The summed E-state index contributed by atoms with van der Waals surface area (Å²) in [6.07, 6.45) is -1.28. The number of aromatic nitrogens is 1. The molecule has 0 aliphatic heterocycles. The van der Waals surface area contributed by atoms with Gasteiger partial charge in [-0.3, -0.25) is 4.57 Å². The Morgan fingerprint density at radius 2 is 2.12 bits per heavy atom. The van der Waals surface area contributed by atoms with Gasteiger partial charge in [0.1, 0.15) is 5.75 Å². The van der Waals surface area contributed by atoms with Crippen LogP contribution in [0.1, 0.15) is 0 Å². The highest BCUT2D eigenvalue weighted by Gasteiger charge is 2.24. The minimum atomic E-state index is -1.86. The van der Waals surface area contributed by atoms with E-state index in [-0.39, 0.29) is 5.59 Å². The average molecular weight is 235 g/mol. The summed E-state index contributed by atoms with van der Waals surface area (Å²) < 4.78 is 5.91. The van der Waals surface area contributed by atoms with Crippen LogP contribution in [0.4, 0.5) is 4.79 Å². The molecule has 0 aliphatic rings. The molecule has 3 N–H and O–H groups in total. The third kappa shape index (κ3) is 1.75. The van der Waals surface area contributed by atoms with Gasteiger partial charge in [0.25, 0.3) is 0 Å². The largest absolute Gasteiger partial charge is 0.506 e. The first-order chi connectivity index (χ1) is 8.06. The minimum absolute atomic E-state index is 0.114. The van der Waals surface area contributed by atoms with Gasteiger partial charge in [0.2, 0.25) is 0 Å². The Labute approximate surface area is 96.8 Å². The van der Waals surface area contributed by atoms with Gasteiger partial charge in [-0.2, -0.15) is 0 Å². The van der Waals surface area contributed by atoms with Crippen LogP contribution in [0.2, 0.25) is 0 Å². The Morgan fingerprint density at radius 3 is 2.65 bits per heavy atom. The van der Waals surface area contributed by atoms with E-state index in [4.69, 9.17) is 19.9 Å². The van der Waals surface area contributed by atoms with Gasteiger partial charge < -0.3 is 19.9 Å². The van der Waals surface area contributed by atoms with Crippen LogP contribution < -0.4 is 10.3 Å². The predicted octanol–water partition coefficient (Wildman–Crippen LogP) is -0.144. The molecule has 0 aliphatic carbocycles. The van der Waals surface area contributed by atoms with Crippen molar-refractivity contribution in [3.05, 3.63) is 24.3 Å². The smallest absolute Gasteiger partial charge is 0.496 e. The number of carboxylic acid groups (broad SMARTS) is 1. The monoisotopic (exact) mass is 235 g/mol. The van der Waals surface area contributed by atoms with Crippen molar-refractivity contribution in [2.45, 2.75) is 0 Å². The fourth-order valence-corrected chi connectivity index (χ4v) is 1.81. The van der Waals surface area contributed by atoms with Crippen molar-refractivity contribution in [3.8, 4) is 5.75 Å². The van der Waals surface area contributed by atoms with E-state index < -0.39 is 13.2 Å². The Hall–Kier alpha value is -1.99. The molecule has 0 saturated carbocycles. The van der Waals surface area contributed by atoms with Gasteiger partial charge in [0, 0.05) is 5.39 Å². The summed E-state index contributed by atoms with van der Waals surface area (Å²) in [5, 5.41) is 27.9. The molecule has 0 radical (unpaired) electrons. The van der Waals surface area contributed by atoms with Crippen molar-refractivity contribution in [3.63, 3.8) is 0 Å².